The third kappa shape index (κ3) is 4.77. The molecule has 0 N–H and O–H groups in total. The molecule has 2 aromatic carbocycles. The molecule has 0 atom stereocenters. The highest BCUT2D eigenvalue weighted by atomic mass is 35.7. The van der Waals surface area contributed by atoms with E-state index in [2.05, 4.69) is 63.1 Å². The Morgan fingerprint density at radius 1 is 0.967 bits per heavy atom. The van der Waals surface area contributed by atoms with Gasteiger partial charge in [-0.05, 0) is 77.5 Å². The highest BCUT2D eigenvalue weighted by Crippen LogP contribution is 2.38. The lowest BCUT2D eigenvalue weighted by atomic mass is 9.91. The molecule has 0 unspecified atom stereocenters. The van der Waals surface area contributed by atoms with Gasteiger partial charge in [0.15, 0.2) is 0 Å². The van der Waals surface area contributed by atoms with Crippen LogP contribution in [0, 0.1) is 10.2 Å². The maximum Gasteiger partial charge on any atom is 0.409 e. The lowest BCUT2D eigenvalue weighted by Crippen LogP contribution is -2.68. The second-order valence-electron chi connectivity index (χ2n) is 7.30. The van der Waals surface area contributed by atoms with E-state index in [1.54, 1.807) is 11.3 Å². The summed E-state index contributed by atoms with van der Waals surface area (Å²) in [6, 6.07) is 12.9. The van der Waals surface area contributed by atoms with Crippen LogP contribution in [0.3, 0.4) is 0 Å². The highest BCUT2D eigenvalue weighted by Gasteiger charge is 2.24. The Hall–Kier alpha value is -2.14. The standard InChI is InChI=1S/C20H21N4S.ClHO4/c1-23-17-8-2-3-9-18(17)25-20(23)22-21-16-12-14-6-4-10-24-11-5-7-15(13-16)19(14)24;2-1(3,4)5/h2-3,8-9,12-13H,4-7,10-11H2,1H3;(H,2,3,4,5)/q+1;/p-1. The Balaban J connectivity index is 0.000000393. The number of aromatic nitrogens is 1. The number of para-hydroxylation sites is 1. The second kappa shape index (κ2) is 8.54. The van der Waals surface area contributed by atoms with Gasteiger partial charge in [0.1, 0.15) is 11.2 Å². The molecule has 10 heteroatoms. The van der Waals surface area contributed by atoms with Crippen LogP contribution < -0.4 is 28.1 Å². The van der Waals surface area contributed by atoms with Crippen molar-refractivity contribution in [1.29, 1.82) is 0 Å². The van der Waals surface area contributed by atoms with Crippen molar-refractivity contribution >= 4 is 38.1 Å². The minimum absolute atomic E-state index is 0.939. The van der Waals surface area contributed by atoms with Crippen molar-refractivity contribution in [3.8, 4) is 0 Å². The second-order valence-corrected chi connectivity index (χ2v) is 9.06. The molecule has 2 aliphatic rings. The molecule has 5 rings (SSSR count). The summed E-state index contributed by atoms with van der Waals surface area (Å²) in [5.41, 5.74) is 6.60. The Bertz CT molecular complexity index is 1060. The van der Waals surface area contributed by atoms with E-state index in [1.807, 2.05) is 0 Å². The maximum absolute atomic E-state index is 8.49. The fraction of sp³-hybridized carbons (Fsp3) is 0.350. The number of hydrogen-bond donors (Lipinski definition) is 0. The number of rotatable bonds is 2. The van der Waals surface area contributed by atoms with E-state index in [1.165, 1.54) is 65.8 Å². The van der Waals surface area contributed by atoms with Gasteiger partial charge in [-0.15, -0.1) is 10.2 Å². The van der Waals surface area contributed by atoms with E-state index < -0.39 is 10.2 Å². The molecule has 0 spiro atoms. The summed E-state index contributed by atoms with van der Waals surface area (Å²) in [4.78, 5) is 2.56. The molecule has 0 saturated heterocycles. The lowest BCUT2D eigenvalue weighted by Gasteiger charge is -2.36. The van der Waals surface area contributed by atoms with Gasteiger partial charge in [0.25, 0.3) is 0 Å². The van der Waals surface area contributed by atoms with Crippen molar-refractivity contribution in [3.05, 3.63) is 47.5 Å². The normalized spacial score (nSPS) is 15.8. The van der Waals surface area contributed by atoms with E-state index in [9.17, 15) is 0 Å². The summed E-state index contributed by atoms with van der Waals surface area (Å²) >= 11 is 1.69. The van der Waals surface area contributed by atoms with Crippen molar-refractivity contribution in [2.45, 2.75) is 25.7 Å². The number of anilines is 1. The third-order valence-electron chi connectivity index (χ3n) is 5.28. The first kappa shape index (κ1) is 21.1. The molecule has 1 aromatic heterocycles. The fourth-order valence-corrected chi connectivity index (χ4v) is 5.09. The van der Waals surface area contributed by atoms with Crippen molar-refractivity contribution < 1.29 is 33.4 Å². The summed E-state index contributed by atoms with van der Waals surface area (Å²) in [7, 11) is -2.89. The van der Waals surface area contributed by atoms with E-state index in [-0.39, 0.29) is 0 Å². The summed E-state index contributed by atoms with van der Waals surface area (Å²) in [6.45, 7) is 2.41. The SMILES string of the molecule is C[n+]1c(N=Nc2cc3c4c(c2)CCCN4CCC3)sc2ccccc21.[O-][Cl+3]([O-])([O-])[O-]. The molecular formula is C20H21ClN4O4S. The van der Waals surface area contributed by atoms with E-state index in [0.29, 0.717) is 0 Å². The maximum atomic E-state index is 8.49. The Labute approximate surface area is 180 Å². The van der Waals surface area contributed by atoms with E-state index >= 15 is 0 Å². The molecule has 0 saturated carbocycles. The molecule has 2 aliphatic heterocycles. The largest absolute Gasteiger partial charge is 0.409 e. The zero-order chi connectivity index (χ0) is 21.3. The Morgan fingerprint density at radius 3 is 2.17 bits per heavy atom. The zero-order valence-corrected chi connectivity index (χ0v) is 18.0. The fourth-order valence-electron chi connectivity index (χ4n) is 4.12. The van der Waals surface area contributed by atoms with Gasteiger partial charge in [-0.1, -0.05) is 12.1 Å². The predicted octanol–water partition coefficient (Wildman–Crippen LogP) is 0.0840. The number of aryl methyl sites for hydroxylation is 3. The molecule has 0 fully saturated rings. The first-order valence-corrected chi connectivity index (χ1v) is 11.7. The van der Waals surface area contributed by atoms with E-state index in [4.69, 9.17) is 18.6 Å². The molecule has 8 nitrogen and oxygen atoms in total. The smallest absolute Gasteiger partial charge is 0.371 e. The van der Waals surface area contributed by atoms with Crippen LogP contribution in [0.15, 0.2) is 46.6 Å². The van der Waals surface area contributed by atoms with E-state index in [0.717, 1.165) is 10.8 Å². The van der Waals surface area contributed by atoms with Gasteiger partial charge in [-0.25, -0.2) is 23.2 Å². The number of thiazole rings is 1. The van der Waals surface area contributed by atoms with Crippen molar-refractivity contribution in [2.24, 2.45) is 17.3 Å². The van der Waals surface area contributed by atoms with Gasteiger partial charge < -0.3 is 4.90 Å². The van der Waals surface area contributed by atoms with Crippen LogP contribution in [-0.2, 0) is 19.9 Å². The highest BCUT2D eigenvalue weighted by molar-refractivity contribution is 7.21. The molecule has 0 radical (unpaired) electrons. The molecule has 0 aliphatic carbocycles. The average Bonchev–Trinajstić information content (AvgIpc) is 3.02. The number of benzene rings is 2. The Morgan fingerprint density at radius 2 is 1.57 bits per heavy atom. The third-order valence-corrected chi connectivity index (χ3v) is 6.39. The number of azo groups is 1. The van der Waals surface area contributed by atoms with Crippen LogP contribution in [-0.4, -0.2) is 13.1 Å². The summed E-state index contributed by atoms with van der Waals surface area (Å²) in [6.07, 6.45) is 4.83. The topological polar surface area (TPSA) is 124 Å². The van der Waals surface area contributed by atoms with Crippen LogP contribution in [0.5, 0.6) is 0 Å². The van der Waals surface area contributed by atoms with Gasteiger partial charge in [0, 0.05) is 18.8 Å². The predicted molar refractivity (Wildman–Crippen MR) is 102 cm³/mol. The first-order chi connectivity index (χ1) is 14.3. The van der Waals surface area contributed by atoms with Crippen LogP contribution in [0.4, 0.5) is 16.5 Å². The van der Waals surface area contributed by atoms with Gasteiger partial charge in [-0.3, -0.25) is 0 Å². The minimum atomic E-state index is -4.94. The van der Waals surface area contributed by atoms with Gasteiger partial charge in [-0.2, -0.15) is 0 Å². The van der Waals surface area contributed by atoms with Gasteiger partial charge in [0.2, 0.25) is 0 Å². The van der Waals surface area contributed by atoms with Crippen LogP contribution >= 0.6 is 11.3 Å². The summed E-state index contributed by atoms with van der Waals surface area (Å²) in [5.74, 6) is 0. The molecule has 3 aromatic rings. The zero-order valence-electron chi connectivity index (χ0n) is 16.4. The first-order valence-electron chi connectivity index (χ1n) is 9.61. The van der Waals surface area contributed by atoms with Gasteiger partial charge >= 0.3 is 5.13 Å². The van der Waals surface area contributed by atoms with Crippen molar-refractivity contribution in [1.82, 2.24) is 0 Å². The summed E-state index contributed by atoms with van der Waals surface area (Å²) in [5, 5.41) is 10.1. The van der Waals surface area contributed by atoms with Crippen molar-refractivity contribution in [3.63, 3.8) is 0 Å². The monoisotopic (exact) mass is 448 g/mol. The molecule has 3 heterocycles. The number of fused-ring (bicyclic) bond motifs is 1. The number of hydrogen-bond acceptors (Lipinski definition) is 8. The van der Waals surface area contributed by atoms with Crippen molar-refractivity contribution in [2.75, 3.05) is 18.0 Å². The number of halogens is 1. The molecular weight excluding hydrogens is 428 g/mol. The minimum Gasteiger partial charge on any atom is -0.371 e. The quantitative estimate of drug-likeness (QED) is 0.405. The summed E-state index contributed by atoms with van der Waals surface area (Å²) < 4.78 is 37.3. The molecule has 158 valence electrons. The average molecular weight is 449 g/mol. The van der Waals surface area contributed by atoms with Crippen LogP contribution in [0.2, 0.25) is 0 Å². The van der Waals surface area contributed by atoms with Gasteiger partial charge in [0.05, 0.1) is 16.9 Å². The Kier molecular flexibility index (Phi) is 6.01. The molecule has 0 bridgehead atoms. The number of nitrogens with zero attached hydrogens (tertiary/aromatic N) is 4. The lowest BCUT2D eigenvalue weighted by molar-refractivity contribution is -2.00. The molecule has 0 amide bonds. The molecule has 30 heavy (non-hydrogen) atoms. The van der Waals surface area contributed by atoms with Crippen LogP contribution in [0.25, 0.3) is 10.2 Å². The van der Waals surface area contributed by atoms with Crippen LogP contribution in [0.1, 0.15) is 24.0 Å².